The van der Waals surface area contributed by atoms with Crippen LogP contribution in [0.4, 0.5) is 9.18 Å². The van der Waals surface area contributed by atoms with Crippen LogP contribution >= 0.6 is 0 Å². The number of methoxy groups -OCH3 is 1. The van der Waals surface area contributed by atoms with Crippen LogP contribution in [0.1, 0.15) is 5.56 Å². The van der Waals surface area contributed by atoms with E-state index < -0.39 is 71.2 Å². The van der Waals surface area contributed by atoms with Gasteiger partial charge in [-0.05, 0) is 67.6 Å². The van der Waals surface area contributed by atoms with Crippen molar-refractivity contribution in [1.82, 2.24) is 23.6 Å². The summed E-state index contributed by atoms with van der Waals surface area (Å²) in [7, 11) is -18.8. The van der Waals surface area contributed by atoms with Crippen molar-refractivity contribution in [3.05, 3.63) is 84.2 Å². The summed E-state index contributed by atoms with van der Waals surface area (Å²) in [6, 6.07) is 10.4. The second-order valence-electron chi connectivity index (χ2n) is 7.93. The molecule has 0 radical (unpaired) electrons. The van der Waals surface area contributed by atoms with Gasteiger partial charge in [0.15, 0.2) is 0 Å². The zero-order chi connectivity index (χ0) is 30.6. The lowest BCUT2D eigenvalue weighted by molar-refractivity contribution is 0.216. The van der Waals surface area contributed by atoms with Gasteiger partial charge in [0.25, 0.3) is 30.1 Å². The van der Waals surface area contributed by atoms with Crippen molar-refractivity contribution in [2.75, 3.05) is 7.11 Å². The van der Waals surface area contributed by atoms with Crippen LogP contribution in [0, 0.1) is 12.7 Å². The molecule has 0 aliphatic rings. The van der Waals surface area contributed by atoms with Gasteiger partial charge in [0.05, 0.1) is 21.8 Å². The molecule has 0 unspecified atom stereocenters. The molecule has 41 heavy (non-hydrogen) atoms. The maximum atomic E-state index is 13.2. The molecule has 3 rings (SSSR count). The molecular formula is C21H22FN5O10S4. The first-order valence-electron chi connectivity index (χ1n) is 10.9. The van der Waals surface area contributed by atoms with Crippen molar-refractivity contribution in [3.8, 4) is 5.75 Å². The van der Waals surface area contributed by atoms with Crippen molar-refractivity contribution < 1.29 is 47.6 Å². The Bertz CT molecular complexity index is 1850. The quantitative estimate of drug-likeness (QED) is 0.210. The minimum atomic E-state index is -5.65. The minimum absolute atomic E-state index is 0.229. The van der Waals surface area contributed by atoms with Gasteiger partial charge in [0, 0.05) is 0 Å². The zero-order valence-electron chi connectivity index (χ0n) is 21.0. The first-order valence-corrected chi connectivity index (χ1v) is 16.8. The van der Waals surface area contributed by atoms with Gasteiger partial charge in [-0.25, -0.2) is 34.4 Å². The number of hydrazine groups is 2. The molecule has 0 spiro atoms. The third-order valence-corrected chi connectivity index (χ3v) is 11.0. The molecule has 0 bridgehead atoms. The van der Waals surface area contributed by atoms with Gasteiger partial charge in [-0.3, -0.25) is 5.43 Å². The first-order chi connectivity index (χ1) is 19.0. The van der Waals surface area contributed by atoms with E-state index in [1.165, 1.54) is 50.6 Å². The van der Waals surface area contributed by atoms with Crippen molar-refractivity contribution in [1.29, 1.82) is 0 Å². The molecule has 3 aromatic carbocycles. The van der Waals surface area contributed by atoms with E-state index in [0.29, 0.717) is 5.56 Å². The Morgan fingerprint density at radius 3 is 1.71 bits per heavy atom. The average molecular weight is 652 g/mol. The molecule has 0 aliphatic carbocycles. The fraction of sp³-hybridized carbons (Fsp3) is 0.0952. The largest absolute Gasteiger partial charge is 0.497 e. The Balaban J connectivity index is 1.96. The number of hydrogen-bond donors (Lipinski definition) is 4. The molecule has 0 heterocycles. The summed E-state index contributed by atoms with van der Waals surface area (Å²) in [5.74, 6) is -0.549. The highest BCUT2D eigenvalue weighted by Gasteiger charge is 2.37. The van der Waals surface area contributed by atoms with Gasteiger partial charge in [0.1, 0.15) is 11.6 Å². The lowest BCUT2D eigenvalue weighted by atomic mass is 10.2. The van der Waals surface area contributed by atoms with Gasteiger partial charge in [-0.15, -0.1) is 14.1 Å². The van der Waals surface area contributed by atoms with E-state index in [0.717, 1.165) is 48.5 Å². The first kappa shape index (κ1) is 31.9. The number of carbonyl (C=O) groups is 1. The highest BCUT2D eigenvalue weighted by atomic mass is 32.3. The fourth-order valence-electron chi connectivity index (χ4n) is 2.89. The normalized spacial score (nSPS) is 12.5. The van der Waals surface area contributed by atoms with Crippen LogP contribution in [-0.2, 0) is 40.3 Å². The molecule has 4 N–H and O–H groups in total. The van der Waals surface area contributed by atoms with E-state index in [2.05, 4.69) is 0 Å². The molecule has 0 atom stereocenters. The van der Waals surface area contributed by atoms with Crippen LogP contribution in [0.3, 0.4) is 0 Å². The van der Waals surface area contributed by atoms with Gasteiger partial charge in [-0.2, -0.15) is 8.42 Å². The Hall–Kier alpha value is -3.66. The SMILES string of the molecule is COc1ccc(S(=O)(=O)NS(=O)(=O)N(NS(=O)(=O)c2ccc(C)cc2)C(=O)NNS(=O)(=O)c2ccc(F)cc2)cc1. The predicted molar refractivity (Wildman–Crippen MR) is 141 cm³/mol. The number of benzene rings is 3. The van der Waals surface area contributed by atoms with E-state index >= 15 is 0 Å². The standard InChI is InChI=1S/C21H22FN5O10S4/c1-15-3-9-19(10-4-15)39(31,32)25-27(21(28)23-24-38(29,30)18-11-5-16(22)6-12-18)41(35,36)26-40(33,34)20-13-7-17(37-2)8-14-20/h3-14,24-26H,1-2H3,(H,23,28). The molecule has 2 amide bonds. The van der Waals surface area contributed by atoms with Crippen LogP contribution in [-0.4, -0.2) is 51.2 Å². The fourth-order valence-corrected chi connectivity index (χ4v) is 7.86. The summed E-state index contributed by atoms with van der Waals surface area (Å²) in [4.78, 5) is 14.1. The van der Waals surface area contributed by atoms with E-state index in [1.54, 1.807) is 6.92 Å². The lowest BCUT2D eigenvalue weighted by Gasteiger charge is -2.23. The molecule has 15 nitrogen and oxygen atoms in total. The maximum absolute atomic E-state index is 13.2. The van der Waals surface area contributed by atoms with Crippen LogP contribution < -0.4 is 24.0 Å². The van der Waals surface area contributed by atoms with E-state index in [4.69, 9.17) is 4.74 Å². The third kappa shape index (κ3) is 7.97. The number of sulfonamides is 3. The highest BCUT2D eigenvalue weighted by molar-refractivity contribution is 8.04. The number of carbonyl (C=O) groups excluding carboxylic acids is 1. The summed E-state index contributed by atoms with van der Waals surface area (Å²) in [5, 5.41) is 0. The summed E-state index contributed by atoms with van der Waals surface area (Å²) >= 11 is 0. The molecular weight excluding hydrogens is 630 g/mol. The molecule has 0 saturated carbocycles. The maximum Gasteiger partial charge on any atom is 0.363 e. The number of amides is 2. The number of ether oxygens (including phenoxy) is 1. The molecule has 222 valence electrons. The summed E-state index contributed by atoms with van der Waals surface area (Å²) in [6.07, 6.45) is 0. The predicted octanol–water partition coefficient (Wildman–Crippen LogP) is 0.464. The lowest BCUT2D eigenvalue weighted by Crippen LogP contribution is -2.60. The van der Waals surface area contributed by atoms with E-state index in [-0.39, 0.29) is 5.75 Å². The number of hydrogen-bond acceptors (Lipinski definition) is 10. The molecule has 0 aromatic heterocycles. The molecule has 3 aromatic rings. The Morgan fingerprint density at radius 2 is 1.17 bits per heavy atom. The second-order valence-corrected chi connectivity index (χ2v) is 14.7. The van der Waals surface area contributed by atoms with Crippen molar-refractivity contribution in [3.63, 3.8) is 0 Å². The highest BCUT2D eigenvalue weighted by Crippen LogP contribution is 2.17. The number of nitrogens with zero attached hydrogens (tertiary/aromatic N) is 1. The van der Waals surface area contributed by atoms with Crippen LogP contribution in [0.15, 0.2) is 87.5 Å². The Kier molecular flexibility index (Phi) is 9.37. The molecule has 0 saturated heterocycles. The van der Waals surface area contributed by atoms with Gasteiger partial charge in [0.2, 0.25) is 0 Å². The van der Waals surface area contributed by atoms with Crippen LogP contribution in [0.5, 0.6) is 5.75 Å². The number of halogens is 1. The van der Waals surface area contributed by atoms with Crippen molar-refractivity contribution >= 4 is 46.3 Å². The average Bonchev–Trinajstić information content (AvgIpc) is 2.90. The molecule has 20 heteroatoms. The zero-order valence-corrected chi connectivity index (χ0v) is 24.2. The number of urea groups is 1. The molecule has 0 aliphatic heterocycles. The van der Waals surface area contributed by atoms with Gasteiger partial charge < -0.3 is 4.74 Å². The van der Waals surface area contributed by atoms with Crippen LogP contribution in [0.2, 0.25) is 0 Å². The summed E-state index contributed by atoms with van der Waals surface area (Å²) < 4.78 is 121. The Labute approximate surface area is 235 Å². The number of nitrogens with one attached hydrogen (secondary N) is 4. The monoisotopic (exact) mass is 651 g/mol. The topological polar surface area (TPSA) is 214 Å². The van der Waals surface area contributed by atoms with Crippen molar-refractivity contribution in [2.45, 2.75) is 21.6 Å². The van der Waals surface area contributed by atoms with Gasteiger partial charge >= 0.3 is 16.2 Å². The van der Waals surface area contributed by atoms with Crippen molar-refractivity contribution in [2.24, 2.45) is 0 Å². The third-order valence-electron chi connectivity index (χ3n) is 4.96. The van der Waals surface area contributed by atoms with E-state index in [1.807, 2.05) is 0 Å². The summed E-state index contributed by atoms with van der Waals surface area (Å²) in [6.45, 7) is 1.63. The van der Waals surface area contributed by atoms with E-state index in [9.17, 15) is 42.9 Å². The van der Waals surface area contributed by atoms with Gasteiger partial charge in [-0.1, -0.05) is 21.8 Å². The summed E-state index contributed by atoms with van der Waals surface area (Å²) in [5.41, 5.74) is 2.10. The number of aryl methyl sites for hydroxylation is 1. The number of rotatable bonds is 11. The van der Waals surface area contributed by atoms with Crippen LogP contribution in [0.25, 0.3) is 0 Å². The second kappa shape index (κ2) is 12.1. The smallest absolute Gasteiger partial charge is 0.363 e. The Morgan fingerprint density at radius 1 is 0.707 bits per heavy atom. The molecule has 0 fully saturated rings. The minimum Gasteiger partial charge on any atom is -0.497 e.